The van der Waals surface area contributed by atoms with Gasteiger partial charge in [-0.15, -0.1) is 0 Å². The van der Waals surface area contributed by atoms with Crippen molar-refractivity contribution in [2.75, 3.05) is 6.61 Å². The molecule has 31 heavy (non-hydrogen) atoms. The maximum atomic E-state index is 12.9. The molecule has 0 bridgehead atoms. The maximum Gasteiger partial charge on any atom is 0.302 e. The highest BCUT2D eigenvalue weighted by Crippen LogP contribution is 2.34. The zero-order valence-electron chi connectivity index (χ0n) is 17.3. The van der Waals surface area contributed by atoms with Crippen molar-refractivity contribution in [2.24, 2.45) is 12.2 Å². The first kappa shape index (κ1) is 22.5. The summed E-state index contributed by atoms with van der Waals surface area (Å²) in [5, 5.41) is 5.69. The van der Waals surface area contributed by atoms with Gasteiger partial charge in [0.05, 0.1) is 5.69 Å². The highest BCUT2D eigenvalue weighted by atomic mass is 32.2. The van der Waals surface area contributed by atoms with E-state index >= 15 is 0 Å². The molecule has 3 rings (SSSR count). The second kappa shape index (κ2) is 8.87. The van der Waals surface area contributed by atoms with Crippen molar-refractivity contribution >= 4 is 21.8 Å². The summed E-state index contributed by atoms with van der Waals surface area (Å²) in [5.41, 5.74) is 1.89. The lowest BCUT2D eigenvalue weighted by molar-refractivity contribution is -0.141. The van der Waals surface area contributed by atoms with E-state index in [1.165, 1.54) is 6.92 Å². The number of nitrogens with two attached hydrogens (primary N) is 1. The van der Waals surface area contributed by atoms with Gasteiger partial charge >= 0.3 is 5.97 Å². The second-order valence-corrected chi connectivity index (χ2v) is 9.20. The van der Waals surface area contributed by atoms with E-state index in [0.29, 0.717) is 22.5 Å². The van der Waals surface area contributed by atoms with Crippen molar-refractivity contribution in [3.8, 4) is 0 Å². The summed E-state index contributed by atoms with van der Waals surface area (Å²) in [6.45, 7) is 0.760. The fourth-order valence-corrected chi connectivity index (χ4v) is 4.57. The average Bonchev–Trinajstić information content (AvgIpc) is 3.10. The van der Waals surface area contributed by atoms with Gasteiger partial charge in [-0.2, -0.15) is 0 Å². The van der Waals surface area contributed by atoms with Crippen LogP contribution < -0.4 is 5.14 Å². The molecule has 1 atom stereocenters. The van der Waals surface area contributed by atoms with Gasteiger partial charge in [0.2, 0.25) is 15.8 Å². The molecule has 0 aliphatic carbocycles. The highest BCUT2D eigenvalue weighted by molar-refractivity contribution is 7.90. The predicted molar refractivity (Wildman–Crippen MR) is 117 cm³/mol. The number of aromatic nitrogens is 1. The van der Waals surface area contributed by atoms with Gasteiger partial charge in [-0.3, -0.25) is 9.59 Å². The van der Waals surface area contributed by atoms with E-state index in [1.54, 1.807) is 78.3 Å². The molecule has 0 spiro atoms. The van der Waals surface area contributed by atoms with Gasteiger partial charge < -0.3 is 9.30 Å². The summed E-state index contributed by atoms with van der Waals surface area (Å²) in [7, 11) is -2.54. The van der Waals surface area contributed by atoms with E-state index in [0.717, 1.165) is 0 Å². The minimum absolute atomic E-state index is 0.0817. The van der Waals surface area contributed by atoms with Crippen LogP contribution in [0.2, 0.25) is 0 Å². The molecule has 0 fully saturated rings. The molecule has 0 amide bonds. The maximum absolute atomic E-state index is 12.9. The number of carbonyl (C=O) groups excluding carboxylic acids is 2. The minimum Gasteiger partial charge on any atom is -0.464 e. The molecule has 8 heteroatoms. The number of ether oxygens (including phenoxy) is 1. The first-order chi connectivity index (χ1) is 14.7. The Bertz CT molecular complexity index is 1190. The third-order valence-corrected chi connectivity index (χ3v) is 6.90. The first-order valence-corrected chi connectivity index (χ1v) is 11.2. The lowest BCUT2D eigenvalue weighted by Gasteiger charge is -2.31. The van der Waals surface area contributed by atoms with E-state index in [9.17, 15) is 18.0 Å². The molecule has 1 aromatic heterocycles. The Morgan fingerprint density at radius 3 is 2.10 bits per heavy atom. The van der Waals surface area contributed by atoms with Crippen molar-refractivity contribution in [2.45, 2.75) is 18.1 Å². The fraction of sp³-hybridized carbons (Fsp3) is 0.217. The molecule has 0 saturated heterocycles. The number of hydrogen-bond acceptors (Lipinski definition) is 5. The van der Waals surface area contributed by atoms with Crippen molar-refractivity contribution < 1.29 is 22.7 Å². The monoisotopic (exact) mass is 440 g/mol. The summed E-state index contributed by atoms with van der Waals surface area (Å²) >= 11 is 0. The van der Waals surface area contributed by atoms with Crippen LogP contribution in [0.4, 0.5) is 0 Å². The number of sulfonamides is 1. The molecular weight excluding hydrogens is 416 g/mol. The number of ketones is 1. The summed E-state index contributed by atoms with van der Waals surface area (Å²) in [4.78, 5) is 24.4. The molecule has 3 aromatic rings. The van der Waals surface area contributed by atoms with Crippen molar-refractivity contribution in [3.63, 3.8) is 0 Å². The van der Waals surface area contributed by atoms with E-state index < -0.39 is 27.3 Å². The zero-order chi connectivity index (χ0) is 22.6. The SMILES string of the molecule is CC(=O)OCC(Cc1ccc(C(=O)c2ccccc2)n1C)(c1ccccc1)S(N)(=O)=O. The van der Waals surface area contributed by atoms with Crippen LogP contribution in [0, 0.1) is 0 Å². The number of nitrogens with zero attached hydrogens (tertiary/aromatic N) is 1. The Morgan fingerprint density at radius 1 is 0.968 bits per heavy atom. The molecule has 0 aliphatic rings. The smallest absolute Gasteiger partial charge is 0.302 e. The van der Waals surface area contributed by atoms with Gasteiger partial charge in [-0.25, -0.2) is 13.6 Å². The van der Waals surface area contributed by atoms with Crippen LogP contribution in [0.15, 0.2) is 72.8 Å². The van der Waals surface area contributed by atoms with Gasteiger partial charge in [0, 0.05) is 31.6 Å². The fourth-order valence-electron chi connectivity index (χ4n) is 3.53. The molecule has 7 nitrogen and oxygen atoms in total. The molecule has 0 radical (unpaired) electrons. The molecule has 1 heterocycles. The molecule has 2 aromatic carbocycles. The Hall–Kier alpha value is -3.23. The molecule has 1 unspecified atom stereocenters. The Labute approximate surface area is 181 Å². The summed E-state index contributed by atoms with van der Waals surface area (Å²) < 4.78 is 30.8. The lowest BCUT2D eigenvalue weighted by Crippen LogP contribution is -2.47. The molecule has 0 saturated carbocycles. The van der Waals surface area contributed by atoms with Gasteiger partial charge in [-0.1, -0.05) is 60.7 Å². The van der Waals surface area contributed by atoms with Crippen molar-refractivity contribution in [3.05, 3.63) is 95.3 Å². The molecule has 2 N–H and O–H groups in total. The quantitative estimate of drug-likeness (QED) is 0.428. The van der Waals surface area contributed by atoms with Gasteiger partial charge in [0.15, 0.2) is 4.75 Å². The van der Waals surface area contributed by atoms with Gasteiger partial charge in [0.1, 0.15) is 6.61 Å². The Balaban J connectivity index is 2.07. The van der Waals surface area contributed by atoms with E-state index in [-0.39, 0.29) is 12.2 Å². The molecule has 162 valence electrons. The largest absolute Gasteiger partial charge is 0.464 e. The predicted octanol–water partition coefficient (Wildman–Crippen LogP) is 2.55. The van der Waals surface area contributed by atoms with Crippen LogP contribution in [0.25, 0.3) is 0 Å². The van der Waals surface area contributed by atoms with Gasteiger partial charge in [0.25, 0.3) is 0 Å². The summed E-state index contributed by atoms with van der Waals surface area (Å²) in [6.07, 6.45) is -0.0817. The second-order valence-electron chi connectivity index (χ2n) is 7.33. The minimum atomic E-state index is -4.23. The van der Waals surface area contributed by atoms with Crippen molar-refractivity contribution in [1.82, 2.24) is 4.57 Å². The van der Waals surface area contributed by atoms with Crippen LogP contribution in [-0.4, -0.2) is 31.3 Å². The Kier molecular flexibility index (Phi) is 6.42. The van der Waals surface area contributed by atoms with Crippen LogP contribution in [0.3, 0.4) is 0 Å². The van der Waals surface area contributed by atoms with Crippen LogP contribution in [-0.2, 0) is 37.8 Å². The third kappa shape index (κ3) is 4.60. The Morgan fingerprint density at radius 2 is 1.55 bits per heavy atom. The summed E-state index contributed by atoms with van der Waals surface area (Å²) in [5.74, 6) is -0.800. The lowest BCUT2D eigenvalue weighted by atomic mass is 9.93. The number of rotatable bonds is 8. The van der Waals surface area contributed by atoms with Crippen LogP contribution in [0.1, 0.15) is 34.2 Å². The standard InChI is InChI=1S/C23H24N2O5S/c1-17(26)30-16-23(31(24,28)29,19-11-7-4-8-12-19)15-20-13-14-21(25(20)2)22(27)18-9-5-3-6-10-18/h3-14H,15-16H2,1-2H3,(H2,24,28,29). The first-order valence-electron chi connectivity index (χ1n) is 9.61. The third-order valence-electron chi connectivity index (χ3n) is 5.31. The van der Waals surface area contributed by atoms with Crippen LogP contribution in [0.5, 0.6) is 0 Å². The number of carbonyl (C=O) groups is 2. The van der Waals surface area contributed by atoms with Gasteiger partial charge in [-0.05, 0) is 17.7 Å². The average molecular weight is 441 g/mol. The number of hydrogen-bond donors (Lipinski definition) is 1. The highest BCUT2D eigenvalue weighted by Gasteiger charge is 2.45. The number of esters is 1. The normalized spacial score (nSPS) is 13.4. The number of benzene rings is 2. The molecule has 0 aliphatic heterocycles. The zero-order valence-corrected chi connectivity index (χ0v) is 18.1. The number of primary sulfonamides is 1. The van der Waals surface area contributed by atoms with E-state index in [2.05, 4.69) is 0 Å². The molecular formula is C23H24N2O5S. The summed E-state index contributed by atoms with van der Waals surface area (Å²) in [6, 6.07) is 20.5. The van der Waals surface area contributed by atoms with E-state index in [1.807, 2.05) is 6.07 Å². The van der Waals surface area contributed by atoms with Crippen LogP contribution >= 0.6 is 0 Å². The van der Waals surface area contributed by atoms with E-state index in [4.69, 9.17) is 9.88 Å². The topological polar surface area (TPSA) is 108 Å². The van der Waals surface area contributed by atoms with Crippen molar-refractivity contribution in [1.29, 1.82) is 0 Å².